The zero-order valence-corrected chi connectivity index (χ0v) is 7.71. The Morgan fingerprint density at radius 2 is 2.36 bits per heavy atom. The first-order valence-electron chi connectivity index (χ1n) is 4.21. The molecule has 72 valence electrons. The van der Waals surface area contributed by atoms with Crippen LogP contribution in [0.2, 0.25) is 0 Å². The molecule has 0 bridgehead atoms. The van der Waals surface area contributed by atoms with Crippen LogP contribution in [0.3, 0.4) is 0 Å². The lowest BCUT2D eigenvalue weighted by molar-refractivity contribution is 0.407. The summed E-state index contributed by atoms with van der Waals surface area (Å²) in [5.74, 6) is 0.473. The number of aromatic nitrogens is 3. The van der Waals surface area contributed by atoms with Crippen LogP contribution in [0, 0.1) is 6.92 Å². The van der Waals surface area contributed by atoms with Crippen LogP contribution in [0.5, 0.6) is 0 Å². The standard InChI is InChI=1S/C9H10N4O/c1-6-2-3-11-4-7(6)8(10)9-12-5-14-13-9/h2-5,8H,10H2,1H3. The molecule has 2 aromatic rings. The van der Waals surface area contributed by atoms with Gasteiger partial charge < -0.3 is 10.3 Å². The van der Waals surface area contributed by atoms with Crippen molar-refractivity contribution in [3.63, 3.8) is 0 Å². The van der Waals surface area contributed by atoms with Crippen LogP contribution >= 0.6 is 0 Å². The Hall–Kier alpha value is -1.75. The van der Waals surface area contributed by atoms with Crippen molar-refractivity contribution in [2.75, 3.05) is 0 Å². The number of hydrogen-bond donors (Lipinski definition) is 1. The van der Waals surface area contributed by atoms with Crippen molar-refractivity contribution in [3.8, 4) is 0 Å². The molecule has 2 rings (SSSR count). The molecule has 0 radical (unpaired) electrons. The lowest BCUT2D eigenvalue weighted by Gasteiger charge is -2.09. The van der Waals surface area contributed by atoms with E-state index >= 15 is 0 Å². The van der Waals surface area contributed by atoms with Gasteiger partial charge in [-0.1, -0.05) is 5.16 Å². The molecule has 5 nitrogen and oxygen atoms in total. The fraction of sp³-hybridized carbons (Fsp3) is 0.222. The Labute approximate surface area is 81.0 Å². The summed E-state index contributed by atoms with van der Waals surface area (Å²) in [6.45, 7) is 1.97. The maximum Gasteiger partial charge on any atom is 0.213 e. The van der Waals surface area contributed by atoms with E-state index in [4.69, 9.17) is 5.73 Å². The van der Waals surface area contributed by atoms with Gasteiger partial charge in [-0.3, -0.25) is 4.98 Å². The van der Waals surface area contributed by atoms with Gasteiger partial charge in [0.05, 0.1) is 6.04 Å². The molecule has 0 amide bonds. The van der Waals surface area contributed by atoms with Gasteiger partial charge in [0.25, 0.3) is 0 Å². The second kappa shape index (κ2) is 3.55. The van der Waals surface area contributed by atoms with Gasteiger partial charge in [-0.2, -0.15) is 4.98 Å². The number of nitrogens with zero attached hydrogens (tertiary/aromatic N) is 3. The van der Waals surface area contributed by atoms with Gasteiger partial charge >= 0.3 is 0 Å². The van der Waals surface area contributed by atoms with Gasteiger partial charge in [0.2, 0.25) is 6.39 Å². The molecule has 1 atom stereocenters. The number of aryl methyl sites for hydroxylation is 1. The van der Waals surface area contributed by atoms with E-state index in [1.807, 2.05) is 13.0 Å². The predicted molar refractivity (Wildman–Crippen MR) is 49.3 cm³/mol. The van der Waals surface area contributed by atoms with Gasteiger partial charge in [0.1, 0.15) is 0 Å². The first kappa shape index (κ1) is 8.83. The Morgan fingerprint density at radius 3 is 3.00 bits per heavy atom. The van der Waals surface area contributed by atoms with Crippen LogP contribution < -0.4 is 5.73 Å². The summed E-state index contributed by atoms with van der Waals surface area (Å²) in [4.78, 5) is 7.91. The molecule has 1 unspecified atom stereocenters. The normalized spacial score (nSPS) is 12.7. The molecule has 14 heavy (non-hydrogen) atoms. The third-order valence-electron chi connectivity index (χ3n) is 2.07. The highest BCUT2D eigenvalue weighted by molar-refractivity contribution is 5.28. The number of rotatable bonds is 2. The molecule has 0 spiro atoms. The highest BCUT2D eigenvalue weighted by atomic mass is 16.5. The molecule has 0 fully saturated rings. The molecule has 0 saturated carbocycles. The summed E-state index contributed by atoms with van der Waals surface area (Å²) >= 11 is 0. The fourth-order valence-electron chi connectivity index (χ4n) is 1.26. The number of nitrogens with two attached hydrogens (primary N) is 1. The van der Waals surface area contributed by atoms with E-state index in [1.54, 1.807) is 12.4 Å². The van der Waals surface area contributed by atoms with Crippen LogP contribution in [-0.4, -0.2) is 15.1 Å². The molecule has 0 aliphatic carbocycles. The molecule has 2 heterocycles. The van der Waals surface area contributed by atoms with Crippen molar-refractivity contribution < 1.29 is 4.52 Å². The van der Waals surface area contributed by atoms with Crippen LogP contribution in [-0.2, 0) is 0 Å². The smallest absolute Gasteiger partial charge is 0.213 e. The van der Waals surface area contributed by atoms with E-state index in [1.165, 1.54) is 6.39 Å². The molecular weight excluding hydrogens is 180 g/mol. The average Bonchev–Trinajstić information content (AvgIpc) is 2.70. The molecule has 5 heteroatoms. The van der Waals surface area contributed by atoms with Crippen LogP contribution in [0.4, 0.5) is 0 Å². The van der Waals surface area contributed by atoms with Crippen molar-refractivity contribution >= 4 is 0 Å². The van der Waals surface area contributed by atoms with E-state index in [0.717, 1.165) is 11.1 Å². The number of pyridine rings is 1. The minimum absolute atomic E-state index is 0.373. The zero-order valence-electron chi connectivity index (χ0n) is 7.71. The summed E-state index contributed by atoms with van der Waals surface area (Å²) in [6.07, 6.45) is 4.71. The average molecular weight is 190 g/mol. The van der Waals surface area contributed by atoms with Crippen molar-refractivity contribution in [2.45, 2.75) is 13.0 Å². The summed E-state index contributed by atoms with van der Waals surface area (Å²) in [5, 5.41) is 3.69. The zero-order chi connectivity index (χ0) is 9.97. The minimum atomic E-state index is -0.373. The van der Waals surface area contributed by atoms with Gasteiger partial charge in [-0.25, -0.2) is 0 Å². The monoisotopic (exact) mass is 190 g/mol. The van der Waals surface area contributed by atoms with Crippen LogP contribution in [0.15, 0.2) is 29.4 Å². The molecule has 2 aromatic heterocycles. The van der Waals surface area contributed by atoms with Crippen molar-refractivity contribution in [3.05, 3.63) is 41.8 Å². The van der Waals surface area contributed by atoms with Gasteiger partial charge in [0, 0.05) is 12.4 Å². The highest BCUT2D eigenvalue weighted by Gasteiger charge is 2.15. The van der Waals surface area contributed by atoms with E-state index in [9.17, 15) is 0 Å². The van der Waals surface area contributed by atoms with E-state index in [-0.39, 0.29) is 6.04 Å². The largest absolute Gasteiger partial charge is 0.343 e. The fourth-order valence-corrected chi connectivity index (χ4v) is 1.26. The van der Waals surface area contributed by atoms with E-state index in [2.05, 4.69) is 19.6 Å². The second-order valence-electron chi connectivity index (χ2n) is 3.00. The van der Waals surface area contributed by atoms with Crippen molar-refractivity contribution in [1.82, 2.24) is 15.1 Å². The van der Waals surface area contributed by atoms with Crippen molar-refractivity contribution in [1.29, 1.82) is 0 Å². The Morgan fingerprint density at radius 1 is 1.50 bits per heavy atom. The molecular formula is C9H10N4O. The maximum atomic E-state index is 5.94. The van der Waals surface area contributed by atoms with E-state index in [0.29, 0.717) is 5.82 Å². The molecule has 0 aliphatic rings. The van der Waals surface area contributed by atoms with Gasteiger partial charge in [-0.15, -0.1) is 0 Å². The van der Waals surface area contributed by atoms with Crippen LogP contribution in [0.1, 0.15) is 23.0 Å². The summed E-state index contributed by atoms with van der Waals surface area (Å²) in [6, 6.07) is 1.53. The van der Waals surface area contributed by atoms with Gasteiger partial charge in [-0.05, 0) is 24.1 Å². The Bertz CT molecular complexity index is 413. The second-order valence-corrected chi connectivity index (χ2v) is 3.00. The molecule has 0 aromatic carbocycles. The summed E-state index contributed by atoms with van der Waals surface area (Å²) in [7, 11) is 0. The van der Waals surface area contributed by atoms with Gasteiger partial charge in [0.15, 0.2) is 5.82 Å². The van der Waals surface area contributed by atoms with Crippen LogP contribution in [0.25, 0.3) is 0 Å². The molecule has 0 aliphatic heterocycles. The minimum Gasteiger partial charge on any atom is -0.343 e. The predicted octanol–water partition coefficient (Wildman–Crippen LogP) is 0.821. The molecule has 0 saturated heterocycles. The SMILES string of the molecule is Cc1ccncc1C(N)c1ncon1. The maximum absolute atomic E-state index is 5.94. The molecule has 2 N–H and O–H groups in total. The van der Waals surface area contributed by atoms with E-state index < -0.39 is 0 Å². The highest BCUT2D eigenvalue weighted by Crippen LogP contribution is 2.18. The topological polar surface area (TPSA) is 77.8 Å². The quantitative estimate of drug-likeness (QED) is 0.758. The Balaban J connectivity index is 2.37. The third kappa shape index (κ3) is 1.49. The number of hydrogen-bond acceptors (Lipinski definition) is 5. The Kier molecular flexibility index (Phi) is 2.24. The first-order valence-corrected chi connectivity index (χ1v) is 4.21. The first-order chi connectivity index (χ1) is 6.79. The lowest BCUT2D eigenvalue weighted by Crippen LogP contribution is -2.15. The summed E-state index contributed by atoms with van der Waals surface area (Å²) < 4.78 is 4.64. The third-order valence-corrected chi connectivity index (χ3v) is 2.07. The lowest BCUT2D eigenvalue weighted by atomic mass is 10.0. The van der Waals surface area contributed by atoms with Crippen molar-refractivity contribution in [2.24, 2.45) is 5.73 Å². The summed E-state index contributed by atoms with van der Waals surface area (Å²) in [5.41, 5.74) is 7.91.